The Labute approximate surface area is 309 Å². The average Bonchev–Trinajstić information content (AvgIpc) is 3.04. The van der Waals surface area contributed by atoms with Gasteiger partial charge in [0, 0.05) is 29.0 Å². The van der Waals surface area contributed by atoms with Crippen LogP contribution in [-0.2, 0) is 40.3 Å². The third-order valence-corrected chi connectivity index (χ3v) is 11.4. The van der Waals surface area contributed by atoms with Crippen molar-refractivity contribution in [2.75, 3.05) is 20.8 Å². The van der Waals surface area contributed by atoms with E-state index in [0.717, 1.165) is 26.7 Å². The van der Waals surface area contributed by atoms with E-state index in [1.54, 1.807) is 32.5 Å². The minimum absolute atomic E-state index is 0.0303. The van der Waals surface area contributed by atoms with E-state index in [1.807, 2.05) is 107 Å². The van der Waals surface area contributed by atoms with Crippen LogP contribution in [0.25, 0.3) is 0 Å². The van der Waals surface area contributed by atoms with Crippen molar-refractivity contribution in [2.24, 2.45) is 5.41 Å². The fraction of sp³-hybridized carbons (Fsp3) is 0.486. The number of alkyl carbamates (subject to hydrolysis) is 1. The lowest BCUT2D eigenvalue weighted by molar-refractivity contribution is -0.0479. The molecule has 2 unspecified atom stereocenters. The van der Waals surface area contributed by atoms with Crippen LogP contribution < -0.4 is 10.1 Å². The standard InChI is InChI=1S/C37H52ClNO8PSSi/c1-35(2,3)37(39-34(40)46-36(4,5)6,33(26-45-50(9)10)47-48(41,42-7)43-8)22-21-28-19-20-31(24-32(28)38)49-30-18-14-17-29(23-30)44-25-27-15-12-11-13-16-27/h11-20,23-24,33H,21-22,25-26H2,1-10H3,(H,39,40). The highest BCUT2D eigenvalue weighted by Crippen LogP contribution is 2.53. The molecule has 13 heteroatoms. The second-order valence-corrected chi connectivity index (χ2v) is 19.6. The number of aryl methyl sites for hydroxylation is 1. The lowest BCUT2D eigenvalue weighted by Crippen LogP contribution is -2.66. The number of carbonyl (C=O) groups is 1. The predicted molar refractivity (Wildman–Crippen MR) is 203 cm³/mol. The molecule has 275 valence electrons. The molecule has 0 aliphatic carbocycles. The summed E-state index contributed by atoms with van der Waals surface area (Å²) in [5, 5.41) is 3.71. The van der Waals surface area contributed by atoms with Crippen LogP contribution in [0.3, 0.4) is 0 Å². The minimum atomic E-state index is -4.02. The van der Waals surface area contributed by atoms with Crippen molar-refractivity contribution in [3.05, 3.63) is 88.9 Å². The van der Waals surface area contributed by atoms with Gasteiger partial charge < -0.3 is 19.2 Å². The fourth-order valence-electron chi connectivity index (χ4n) is 5.29. The van der Waals surface area contributed by atoms with Crippen LogP contribution in [0, 0.1) is 5.41 Å². The highest BCUT2D eigenvalue weighted by molar-refractivity contribution is 7.99. The van der Waals surface area contributed by atoms with Crippen LogP contribution >= 0.6 is 31.2 Å². The number of phosphoric acid groups is 1. The Morgan fingerprint density at radius 2 is 1.58 bits per heavy atom. The Morgan fingerprint density at radius 3 is 2.16 bits per heavy atom. The van der Waals surface area contributed by atoms with E-state index in [4.69, 9.17) is 39.1 Å². The van der Waals surface area contributed by atoms with Gasteiger partial charge in [-0.05, 0) is 93.6 Å². The van der Waals surface area contributed by atoms with Gasteiger partial charge in [-0.3, -0.25) is 13.6 Å². The number of rotatable bonds is 17. The molecule has 9 nitrogen and oxygen atoms in total. The van der Waals surface area contributed by atoms with E-state index in [9.17, 15) is 9.36 Å². The average molecular weight is 765 g/mol. The third-order valence-electron chi connectivity index (χ3n) is 7.94. The predicted octanol–water partition coefficient (Wildman–Crippen LogP) is 10.4. The zero-order valence-corrected chi connectivity index (χ0v) is 34.3. The first-order valence-corrected chi connectivity index (χ1v) is 21.5. The second kappa shape index (κ2) is 18.4. The Bertz CT molecular complexity index is 1580. The summed E-state index contributed by atoms with van der Waals surface area (Å²) in [7, 11) is -2.71. The number of nitrogens with one attached hydrogen (secondary N) is 1. The van der Waals surface area contributed by atoms with E-state index in [-0.39, 0.29) is 6.61 Å². The monoisotopic (exact) mass is 764 g/mol. The number of ether oxygens (including phenoxy) is 2. The van der Waals surface area contributed by atoms with Gasteiger partial charge in [0.25, 0.3) is 0 Å². The Kier molecular flexibility index (Phi) is 15.5. The number of hydrogen-bond acceptors (Lipinski definition) is 9. The van der Waals surface area contributed by atoms with Gasteiger partial charge in [-0.1, -0.05) is 86.6 Å². The third kappa shape index (κ3) is 12.7. The molecular weight excluding hydrogens is 713 g/mol. The largest absolute Gasteiger partial charge is 0.489 e. The summed E-state index contributed by atoms with van der Waals surface area (Å²) < 4.78 is 47.9. The van der Waals surface area contributed by atoms with Crippen LogP contribution in [0.1, 0.15) is 59.1 Å². The summed E-state index contributed by atoms with van der Waals surface area (Å²) in [6, 6.07) is 23.9. The molecule has 0 aliphatic heterocycles. The molecule has 0 heterocycles. The van der Waals surface area contributed by atoms with Crippen molar-refractivity contribution in [1.82, 2.24) is 5.32 Å². The molecule has 1 N–H and O–H groups in total. The van der Waals surface area contributed by atoms with Crippen molar-refractivity contribution in [3.63, 3.8) is 0 Å². The van der Waals surface area contributed by atoms with Gasteiger partial charge in [0.05, 0.1) is 12.1 Å². The van der Waals surface area contributed by atoms with Gasteiger partial charge in [0.15, 0.2) is 0 Å². The van der Waals surface area contributed by atoms with Crippen LogP contribution in [0.15, 0.2) is 82.6 Å². The molecule has 3 aromatic carbocycles. The van der Waals surface area contributed by atoms with Crippen LogP contribution in [0.2, 0.25) is 18.1 Å². The Hall–Kier alpha value is -2.34. The molecule has 3 aromatic rings. The molecule has 1 amide bonds. The topological polar surface area (TPSA) is 102 Å². The first-order chi connectivity index (χ1) is 23.4. The summed E-state index contributed by atoms with van der Waals surface area (Å²) in [6.07, 6.45) is -0.817. The first kappa shape index (κ1) is 42.1. The lowest BCUT2D eigenvalue weighted by atomic mass is 9.67. The number of carbonyl (C=O) groups excluding carboxylic acids is 1. The Balaban J connectivity index is 1.91. The van der Waals surface area contributed by atoms with Crippen LogP contribution in [0.4, 0.5) is 4.79 Å². The van der Waals surface area contributed by atoms with Crippen LogP contribution in [0.5, 0.6) is 5.75 Å². The normalized spacial score (nSPS) is 14.2. The molecule has 0 aromatic heterocycles. The maximum absolute atomic E-state index is 13.5. The summed E-state index contributed by atoms with van der Waals surface area (Å²) >= 11 is 8.51. The summed E-state index contributed by atoms with van der Waals surface area (Å²) in [5.74, 6) is 0.782. The van der Waals surface area contributed by atoms with E-state index in [1.165, 1.54) is 14.2 Å². The number of hydrogen-bond donors (Lipinski definition) is 1. The van der Waals surface area contributed by atoms with E-state index >= 15 is 0 Å². The van der Waals surface area contributed by atoms with Gasteiger partial charge in [0.1, 0.15) is 24.1 Å². The van der Waals surface area contributed by atoms with Crippen molar-refractivity contribution < 1.29 is 36.8 Å². The van der Waals surface area contributed by atoms with Crippen molar-refractivity contribution in [1.29, 1.82) is 0 Å². The number of amides is 1. The highest BCUT2D eigenvalue weighted by atomic mass is 35.5. The lowest BCUT2D eigenvalue weighted by Gasteiger charge is -2.50. The van der Waals surface area contributed by atoms with Crippen LogP contribution in [-0.4, -0.2) is 53.2 Å². The molecule has 0 spiro atoms. The minimum Gasteiger partial charge on any atom is -0.489 e. The SMILES string of the molecule is COP(=O)(OC)OC(CO[Si](C)C)C(CCc1ccc(Sc2cccc(OCc3ccccc3)c2)cc1Cl)(NC(=O)OC(C)(C)C)C(C)(C)C. The molecule has 0 bridgehead atoms. The molecule has 0 saturated carbocycles. The maximum atomic E-state index is 13.5. The number of benzene rings is 3. The molecule has 0 fully saturated rings. The quantitative estimate of drug-likeness (QED) is 0.106. The molecule has 2 atom stereocenters. The van der Waals surface area contributed by atoms with Gasteiger partial charge in [-0.25, -0.2) is 9.36 Å². The summed E-state index contributed by atoms with van der Waals surface area (Å²) in [6.45, 7) is 15.8. The second-order valence-electron chi connectivity index (χ2n) is 14.1. The van der Waals surface area contributed by atoms with E-state index < -0.39 is 45.6 Å². The molecular formula is C37H52ClNO8PSSi. The first-order valence-electron chi connectivity index (χ1n) is 16.5. The van der Waals surface area contributed by atoms with Gasteiger partial charge in [-0.2, -0.15) is 0 Å². The zero-order valence-electron chi connectivity index (χ0n) is 30.8. The van der Waals surface area contributed by atoms with Crippen molar-refractivity contribution >= 4 is 46.3 Å². The fourth-order valence-corrected chi connectivity index (χ4v) is 7.89. The van der Waals surface area contributed by atoms with E-state index in [2.05, 4.69) is 5.32 Å². The number of phosphoric ester groups is 1. The van der Waals surface area contributed by atoms with E-state index in [0.29, 0.717) is 24.5 Å². The molecule has 50 heavy (non-hydrogen) atoms. The van der Waals surface area contributed by atoms with Crippen molar-refractivity contribution in [3.8, 4) is 5.75 Å². The molecule has 0 saturated heterocycles. The van der Waals surface area contributed by atoms with Gasteiger partial charge in [0.2, 0.25) is 9.04 Å². The van der Waals surface area contributed by atoms with Gasteiger partial charge in [-0.15, -0.1) is 0 Å². The smallest absolute Gasteiger partial charge is 0.474 e. The van der Waals surface area contributed by atoms with Crippen molar-refractivity contribution in [2.45, 2.75) is 101 Å². The highest BCUT2D eigenvalue weighted by Gasteiger charge is 2.53. The van der Waals surface area contributed by atoms with Gasteiger partial charge >= 0.3 is 13.9 Å². The number of halogens is 1. The Morgan fingerprint density at radius 1 is 0.920 bits per heavy atom. The maximum Gasteiger partial charge on any atom is 0.474 e. The summed E-state index contributed by atoms with van der Waals surface area (Å²) in [4.78, 5) is 15.5. The summed E-state index contributed by atoms with van der Waals surface area (Å²) in [5.41, 5.74) is -0.650. The molecule has 0 aliphatic rings. The molecule has 3 rings (SSSR count). The zero-order chi connectivity index (χ0) is 37.2. The molecule has 1 radical (unpaired) electrons.